The second-order valence-corrected chi connectivity index (χ2v) is 4.61. The highest BCUT2D eigenvalue weighted by Gasteiger charge is 2.08. The van der Waals surface area contributed by atoms with Gasteiger partial charge in [-0.15, -0.1) is 0 Å². The molecular weight excluding hydrogens is 271 g/mol. The molecule has 0 saturated carbocycles. The summed E-state index contributed by atoms with van der Waals surface area (Å²) in [4.78, 5) is 23.5. The Morgan fingerprint density at radius 1 is 1.10 bits per heavy atom. The second-order valence-electron chi connectivity index (χ2n) is 4.61. The van der Waals surface area contributed by atoms with Crippen molar-refractivity contribution in [3.63, 3.8) is 0 Å². The van der Waals surface area contributed by atoms with Gasteiger partial charge in [-0.25, -0.2) is 4.39 Å². The van der Waals surface area contributed by atoms with Crippen LogP contribution < -0.4 is 10.6 Å². The molecule has 0 spiro atoms. The molecule has 0 bridgehead atoms. The zero-order valence-corrected chi connectivity index (χ0v) is 11.5. The van der Waals surface area contributed by atoms with E-state index in [2.05, 4.69) is 10.6 Å². The van der Waals surface area contributed by atoms with Gasteiger partial charge in [0.2, 0.25) is 5.91 Å². The summed E-state index contributed by atoms with van der Waals surface area (Å²) in [6.07, 6.45) is 0. The molecule has 0 saturated heterocycles. The van der Waals surface area contributed by atoms with Gasteiger partial charge in [-0.1, -0.05) is 12.1 Å². The van der Waals surface area contributed by atoms with E-state index in [1.54, 1.807) is 6.07 Å². The van der Waals surface area contributed by atoms with Gasteiger partial charge in [0.15, 0.2) is 0 Å². The van der Waals surface area contributed by atoms with Gasteiger partial charge in [0.25, 0.3) is 5.91 Å². The first-order chi connectivity index (χ1) is 10.0. The third kappa shape index (κ3) is 4.42. The van der Waals surface area contributed by atoms with Gasteiger partial charge < -0.3 is 10.6 Å². The molecule has 0 atom stereocenters. The van der Waals surface area contributed by atoms with Gasteiger partial charge in [-0.2, -0.15) is 0 Å². The summed E-state index contributed by atoms with van der Waals surface area (Å²) in [7, 11) is 0. The number of hydrogen-bond donors (Lipinski definition) is 2. The first-order valence-corrected chi connectivity index (χ1v) is 6.45. The molecule has 0 aliphatic heterocycles. The van der Waals surface area contributed by atoms with Crippen LogP contribution in [0.2, 0.25) is 0 Å². The number of carbonyl (C=O) groups excluding carboxylic acids is 2. The van der Waals surface area contributed by atoms with E-state index in [9.17, 15) is 14.0 Å². The molecule has 0 unspecified atom stereocenters. The van der Waals surface area contributed by atoms with Crippen molar-refractivity contribution in [2.45, 2.75) is 6.92 Å². The van der Waals surface area contributed by atoms with E-state index >= 15 is 0 Å². The Hall–Kier alpha value is -2.69. The van der Waals surface area contributed by atoms with Crippen LogP contribution in [0, 0.1) is 12.7 Å². The molecule has 21 heavy (non-hydrogen) atoms. The van der Waals surface area contributed by atoms with Crippen LogP contribution >= 0.6 is 0 Å². The van der Waals surface area contributed by atoms with Crippen LogP contribution in [0.1, 0.15) is 15.9 Å². The van der Waals surface area contributed by atoms with Crippen LogP contribution in [-0.2, 0) is 4.79 Å². The highest BCUT2D eigenvalue weighted by atomic mass is 19.1. The van der Waals surface area contributed by atoms with E-state index in [4.69, 9.17) is 0 Å². The highest BCUT2D eigenvalue weighted by Crippen LogP contribution is 2.09. The predicted molar refractivity (Wildman–Crippen MR) is 78.5 cm³/mol. The molecule has 2 aromatic carbocycles. The van der Waals surface area contributed by atoms with Crippen LogP contribution in [0.3, 0.4) is 0 Å². The number of anilines is 1. The minimum absolute atomic E-state index is 0.149. The van der Waals surface area contributed by atoms with Gasteiger partial charge in [0, 0.05) is 11.3 Å². The quantitative estimate of drug-likeness (QED) is 0.907. The fourth-order valence-corrected chi connectivity index (χ4v) is 1.79. The smallest absolute Gasteiger partial charge is 0.251 e. The Morgan fingerprint density at radius 2 is 1.81 bits per heavy atom. The van der Waals surface area contributed by atoms with Crippen LogP contribution in [0.4, 0.5) is 10.1 Å². The van der Waals surface area contributed by atoms with E-state index < -0.39 is 11.7 Å². The first-order valence-electron chi connectivity index (χ1n) is 6.45. The number of nitrogens with one attached hydrogen (secondary N) is 2. The molecule has 2 N–H and O–H groups in total. The Balaban J connectivity index is 1.86. The van der Waals surface area contributed by atoms with Gasteiger partial charge in [0.1, 0.15) is 5.82 Å². The van der Waals surface area contributed by atoms with Crippen molar-refractivity contribution >= 4 is 17.5 Å². The number of amides is 2. The maximum atomic E-state index is 12.7. The van der Waals surface area contributed by atoms with Gasteiger partial charge in [-0.05, 0) is 48.9 Å². The molecule has 108 valence electrons. The molecular formula is C16H15FN2O2. The van der Waals surface area contributed by atoms with Crippen molar-refractivity contribution in [3.05, 3.63) is 65.5 Å². The molecule has 2 rings (SSSR count). The first kappa shape index (κ1) is 14.7. The van der Waals surface area contributed by atoms with Gasteiger partial charge >= 0.3 is 0 Å². The number of halogens is 1. The molecule has 0 aliphatic rings. The molecule has 0 heterocycles. The number of carbonyl (C=O) groups is 2. The molecule has 2 aromatic rings. The van der Waals surface area contributed by atoms with E-state index in [1.165, 1.54) is 24.3 Å². The largest absolute Gasteiger partial charge is 0.343 e. The Kier molecular flexibility index (Phi) is 4.66. The molecule has 0 radical (unpaired) electrons. The van der Waals surface area contributed by atoms with Crippen molar-refractivity contribution in [1.82, 2.24) is 5.32 Å². The summed E-state index contributed by atoms with van der Waals surface area (Å²) in [6, 6.07) is 12.5. The standard InChI is InChI=1S/C16H15FN2O2/c1-11-3-2-4-14(9-11)19-15(20)10-18-16(21)12-5-7-13(17)8-6-12/h2-9H,10H2,1H3,(H,18,21)(H,19,20). The van der Waals surface area contributed by atoms with Crippen LogP contribution in [0.5, 0.6) is 0 Å². The van der Waals surface area contributed by atoms with E-state index in [-0.39, 0.29) is 12.5 Å². The van der Waals surface area contributed by atoms with E-state index in [0.717, 1.165) is 5.56 Å². The molecule has 5 heteroatoms. The zero-order valence-electron chi connectivity index (χ0n) is 11.5. The van der Waals surface area contributed by atoms with Crippen molar-refractivity contribution < 1.29 is 14.0 Å². The minimum atomic E-state index is -0.422. The fourth-order valence-electron chi connectivity index (χ4n) is 1.79. The summed E-state index contributed by atoms with van der Waals surface area (Å²) in [5.41, 5.74) is 2.01. The second kappa shape index (κ2) is 6.65. The van der Waals surface area contributed by atoms with Crippen LogP contribution in [0.15, 0.2) is 48.5 Å². The lowest BCUT2D eigenvalue weighted by atomic mass is 10.2. The van der Waals surface area contributed by atoms with Crippen LogP contribution in [0.25, 0.3) is 0 Å². The SMILES string of the molecule is Cc1cccc(NC(=O)CNC(=O)c2ccc(F)cc2)c1. The third-order valence-electron chi connectivity index (χ3n) is 2.82. The molecule has 0 aliphatic carbocycles. The minimum Gasteiger partial charge on any atom is -0.343 e. The third-order valence-corrected chi connectivity index (χ3v) is 2.82. The Morgan fingerprint density at radius 3 is 2.48 bits per heavy atom. The monoisotopic (exact) mass is 286 g/mol. The van der Waals surface area contributed by atoms with Crippen molar-refractivity contribution in [1.29, 1.82) is 0 Å². The predicted octanol–water partition coefficient (Wildman–Crippen LogP) is 2.50. The summed E-state index contributed by atoms with van der Waals surface area (Å²) >= 11 is 0. The summed E-state index contributed by atoms with van der Waals surface area (Å²) in [5, 5.41) is 5.16. The average Bonchev–Trinajstić information content (AvgIpc) is 2.45. The molecule has 0 aromatic heterocycles. The van der Waals surface area contributed by atoms with Gasteiger partial charge in [-0.3, -0.25) is 9.59 Å². The Bertz CT molecular complexity index is 654. The highest BCUT2D eigenvalue weighted by molar-refractivity contribution is 5.99. The number of benzene rings is 2. The Labute approximate surface area is 122 Å². The summed E-state index contributed by atoms with van der Waals surface area (Å²) < 4.78 is 12.7. The zero-order chi connectivity index (χ0) is 15.2. The van der Waals surface area contributed by atoms with Crippen LogP contribution in [-0.4, -0.2) is 18.4 Å². The number of aryl methyl sites for hydroxylation is 1. The summed E-state index contributed by atoms with van der Waals surface area (Å²) in [5.74, 6) is -1.16. The van der Waals surface area contributed by atoms with Crippen molar-refractivity contribution in [2.75, 3.05) is 11.9 Å². The average molecular weight is 286 g/mol. The van der Waals surface area contributed by atoms with Crippen molar-refractivity contribution in [2.24, 2.45) is 0 Å². The lowest BCUT2D eigenvalue weighted by Crippen LogP contribution is -2.32. The normalized spacial score (nSPS) is 10.0. The molecule has 0 fully saturated rings. The number of hydrogen-bond acceptors (Lipinski definition) is 2. The topological polar surface area (TPSA) is 58.2 Å². The molecule has 4 nitrogen and oxygen atoms in total. The molecule has 2 amide bonds. The van der Waals surface area contributed by atoms with E-state index in [1.807, 2.05) is 25.1 Å². The van der Waals surface area contributed by atoms with Gasteiger partial charge in [0.05, 0.1) is 6.54 Å². The lowest BCUT2D eigenvalue weighted by molar-refractivity contribution is -0.115. The number of rotatable bonds is 4. The summed E-state index contributed by atoms with van der Waals surface area (Å²) in [6.45, 7) is 1.77. The maximum absolute atomic E-state index is 12.7. The van der Waals surface area contributed by atoms with Crippen molar-refractivity contribution in [3.8, 4) is 0 Å². The van der Waals surface area contributed by atoms with E-state index in [0.29, 0.717) is 11.3 Å². The fraction of sp³-hybridized carbons (Fsp3) is 0.125. The maximum Gasteiger partial charge on any atom is 0.251 e. The lowest BCUT2D eigenvalue weighted by Gasteiger charge is -2.07.